The predicted molar refractivity (Wildman–Crippen MR) is 107 cm³/mol. The van der Waals surface area contributed by atoms with Crippen LogP contribution in [0.15, 0.2) is 6.33 Å². The van der Waals surface area contributed by atoms with Gasteiger partial charge in [-0.3, -0.25) is 9.13 Å². The third-order valence-electron chi connectivity index (χ3n) is 4.82. The Morgan fingerprint density at radius 3 is 2.80 bits per heavy atom. The first kappa shape index (κ1) is 23.3. The van der Waals surface area contributed by atoms with Gasteiger partial charge in [0, 0.05) is 13.2 Å². The zero-order chi connectivity index (χ0) is 22.1. The number of imidazole rings is 1. The first-order valence-electron chi connectivity index (χ1n) is 9.30. The van der Waals surface area contributed by atoms with Gasteiger partial charge in [0.1, 0.15) is 24.7 Å². The summed E-state index contributed by atoms with van der Waals surface area (Å²) in [7, 11) is -2.77. The number of aliphatic hydroxyl groups excluding tert-OH is 2. The highest BCUT2D eigenvalue weighted by Crippen LogP contribution is 2.41. The summed E-state index contributed by atoms with van der Waals surface area (Å²) in [5.41, 5.74) is 0.754. The summed E-state index contributed by atoms with van der Waals surface area (Å²) in [6, 6.07) is 0.121. The van der Waals surface area contributed by atoms with Crippen LogP contribution in [0.5, 0.6) is 0 Å². The molecule has 0 spiro atoms. The van der Waals surface area contributed by atoms with Crippen molar-refractivity contribution >= 4 is 36.2 Å². The number of aromatic nitrogens is 4. The lowest BCUT2D eigenvalue weighted by atomic mass is 10.1. The van der Waals surface area contributed by atoms with Crippen molar-refractivity contribution in [3.8, 4) is 0 Å². The monoisotopic (exact) mass is 465 g/mol. The van der Waals surface area contributed by atoms with E-state index in [1.807, 2.05) is 13.8 Å². The number of fused-ring (bicyclic) bond motifs is 1. The molecule has 3 rings (SSSR count). The van der Waals surface area contributed by atoms with Gasteiger partial charge in [0.2, 0.25) is 5.28 Å². The Bertz CT molecular complexity index is 931. The molecule has 1 aliphatic rings. The number of halogens is 1. The van der Waals surface area contributed by atoms with E-state index in [4.69, 9.17) is 21.1 Å². The van der Waals surface area contributed by atoms with E-state index in [2.05, 4.69) is 24.8 Å². The van der Waals surface area contributed by atoms with E-state index in [0.29, 0.717) is 17.0 Å². The predicted octanol–water partition coefficient (Wildman–Crippen LogP) is 1.12. The molecule has 1 saturated heterocycles. The maximum Gasteiger partial charge on any atom is 0.353 e. The molecule has 0 bridgehead atoms. The van der Waals surface area contributed by atoms with Crippen molar-refractivity contribution in [2.75, 3.05) is 25.4 Å². The van der Waals surface area contributed by atoms with Crippen LogP contribution in [0.25, 0.3) is 11.2 Å². The number of anilines is 1. The van der Waals surface area contributed by atoms with E-state index in [-0.39, 0.29) is 17.9 Å². The largest absolute Gasteiger partial charge is 0.387 e. The molecule has 1 fully saturated rings. The van der Waals surface area contributed by atoms with Gasteiger partial charge >= 0.3 is 7.60 Å². The van der Waals surface area contributed by atoms with Gasteiger partial charge in [-0.15, -0.1) is 0 Å². The summed E-state index contributed by atoms with van der Waals surface area (Å²) in [6.07, 6.45) is -2.90. The fourth-order valence-corrected chi connectivity index (χ4v) is 3.55. The van der Waals surface area contributed by atoms with Gasteiger partial charge in [-0.2, -0.15) is 9.97 Å². The van der Waals surface area contributed by atoms with Crippen molar-refractivity contribution in [3.05, 3.63) is 11.6 Å². The summed E-state index contributed by atoms with van der Waals surface area (Å²) < 4.78 is 28.2. The summed E-state index contributed by atoms with van der Waals surface area (Å²) in [4.78, 5) is 22.1. The Morgan fingerprint density at radius 2 is 2.13 bits per heavy atom. The highest BCUT2D eigenvalue weighted by Gasteiger charge is 2.44. The van der Waals surface area contributed by atoms with Crippen LogP contribution < -0.4 is 5.32 Å². The molecule has 1 aliphatic heterocycles. The molecule has 4 N–H and O–H groups in total. The quantitative estimate of drug-likeness (QED) is 0.310. The lowest BCUT2D eigenvalue weighted by Crippen LogP contribution is -2.34. The molecule has 0 amide bonds. The van der Waals surface area contributed by atoms with Crippen LogP contribution in [0, 0.1) is 0 Å². The Morgan fingerprint density at radius 1 is 1.40 bits per heavy atom. The second kappa shape index (κ2) is 9.41. The van der Waals surface area contributed by atoms with E-state index < -0.39 is 38.5 Å². The molecule has 0 radical (unpaired) electrons. The molecule has 30 heavy (non-hydrogen) atoms. The maximum atomic E-state index is 11.5. The van der Waals surface area contributed by atoms with Gasteiger partial charge in [0.15, 0.2) is 23.2 Å². The Kier molecular flexibility index (Phi) is 7.31. The van der Waals surface area contributed by atoms with E-state index in [9.17, 15) is 19.7 Å². The lowest BCUT2D eigenvalue weighted by Gasteiger charge is -2.17. The molecule has 2 aromatic rings. The Balaban J connectivity index is 1.81. The van der Waals surface area contributed by atoms with Gasteiger partial charge in [0.25, 0.3) is 0 Å². The average Bonchev–Trinajstić information content (AvgIpc) is 3.23. The molecular weight excluding hydrogens is 441 g/mol. The number of rotatable bonds is 9. The fourth-order valence-electron chi connectivity index (χ4n) is 2.95. The van der Waals surface area contributed by atoms with E-state index in [1.54, 1.807) is 0 Å². The van der Waals surface area contributed by atoms with Crippen molar-refractivity contribution in [2.24, 2.45) is 0 Å². The van der Waals surface area contributed by atoms with E-state index in [0.717, 1.165) is 13.5 Å². The van der Waals surface area contributed by atoms with E-state index in [1.165, 1.54) is 10.9 Å². The van der Waals surface area contributed by atoms with Crippen molar-refractivity contribution < 1.29 is 33.7 Å². The Labute approximate surface area is 177 Å². The molecule has 0 aliphatic carbocycles. The van der Waals surface area contributed by atoms with Crippen LogP contribution in [-0.4, -0.2) is 79.0 Å². The number of nitrogens with one attached hydrogen (secondary N) is 1. The van der Waals surface area contributed by atoms with Crippen LogP contribution in [0.1, 0.15) is 26.5 Å². The van der Waals surface area contributed by atoms with Crippen molar-refractivity contribution in [2.45, 2.75) is 50.8 Å². The minimum Gasteiger partial charge on any atom is -0.387 e. The number of ether oxygens (including phenoxy) is 2. The highest BCUT2D eigenvalue weighted by molar-refractivity contribution is 7.52. The standard InChI is InChI=1S/C16H25ClN5O7P/c1-4-8(2)19-13-10-14(21-16(17)20-13)22(6-18-10)15-12(24)11(23)9(29-15)5-28-7-30(25,26)27-3/h6,8-9,11-12,15,23-24H,4-5,7H2,1-3H3,(H,25,26)(H,19,20,21)/t8?,9-,11-,12-,15-/m1/s1. The summed E-state index contributed by atoms with van der Waals surface area (Å²) in [5, 5.41) is 24.0. The molecule has 0 saturated carbocycles. The number of aliphatic hydroxyl groups is 2. The van der Waals surface area contributed by atoms with Crippen LogP contribution in [0.4, 0.5) is 5.82 Å². The van der Waals surface area contributed by atoms with Gasteiger partial charge < -0.3 is 34.4 Å². The summed E-state index contributed by atoms with van der Waals surface area (Å²) in [5.74, 6) is 0.448. The van der Waals surface area contributed by atoms with Crippen LogP contribution in [0.3, 0.4) is 0 Å². The fraction of sp³-hybridized carbons (Fsp3) is 0.688. The van der Waals surface area contributed by atoms with Crippen LogP contribution in [0.2, 0.25) is 5.28 Å². The molecule has 2 aromatic heterocycles. The van der Waals surface area contributed by atoms with Crippen molar-refractivity contribution in [1.29, 1.82) is 0 Å². The maximum absolute atomic E-state index is 11.5. The molecule has 0 aromatic carbocycles. The second-order valence-corrected chi connectivity index (χ2v) is 9.22. The zero-order valence-corrected chi connectivity index (χ0v) is 18.3. The minimum atomic E-state index is -3.86. The van der Waals surface area contributed by atoms with Crippen molar-refractivity contribution in [1.82, 2.24) is 19.5 Å². The molecule has 6 atom stereocenters. The lowest BCUT2D eigenvalue weighted by molar-refractivity contribution is -0.0614. The number of hydrogen-bond acceptors (Lipinski definition) is 10. The SMILES string of the molecule is CCC(C)Nc1nc(Cl)nc2c1ncn2[C@@H]1O[C@H](COCP(=O)(O)OC)[C@@H](O)[C@H]1O. The smallest absolute Gasteiger partial charge is 0.353 e. The third kappa shape index (κ3) is 4.92. The topological polar surface area (TPSA) is 161 Å². The van der Waals surface area contributed by atoms with Gasteiger partial charge in [-0.1, -0.05) is 6.92 Å². The van der Waals surface area contributed by atoms with Crippen molar-refractivity contribution in [3.63, 3.8) is 0 Å². The normalized spacial score (nSPS) is 27.3. The zero-order valence-electron chi connectivity index (χ0n) is 16.7. The van der Waals surface area contributed by atoms with E-state index >= 15 is 0 Å². The van der Waals surface area contributed by atoms with Crippen LogP contribution >= 0.6 is 19.2 Å². The molecule has 3 heterocycles. The van der Waals surface area contributed by atoms with Gasteiger partial charge in [-0.05, 0) is 24.9 Å². The number of hydrogen-bond donors (Lipinski definition) is 4. The van der Waals surface area contributed by atoms with Gasteiger partial charge in [-0.25, -0.2) is 4.98 Å². The molecular formula is C16H25ClN5O7P. The molecule has 14 heteroatoms. The minimum absolute atomic E-state index is 0.0127. The molecule has 2 unspecified atom stereocenters. The number of nitrogens with zero attached hydrogens (tertiary/aromatic N) is 4. The first-order valence-corrected chi connectivity index (χ1v) is 11.4. The highest BCUT2D eigenvalue weighted by atomic mass is 35.5. The van der Waals surface area contributed by atoms with Crippen LogP contribution in [-0.2, 0) is 18.6 Å². The molecule has 12 nitrogen and oxygen atoms in total. The average molecular weight is 466 g/mol. The second-order valence-electron chi connectivity index (χ2n) is 6.99. The Hall–Kier alpha value is -1.37. The first-order chi connectivity index (χ1) is 14.2. The summed E-state index contributed by atoms with van der Waals surface area (Å²) >= 11 is 6.07. The molecule has 168 valence electrons. The van der Waals surface area contributed by atoms with Gasteiger partial charge in [0.05, 0.1) is 12.9 Å². The third-order valence-corrected chi connectivity index (χ3v) is 6.07. The summed E-state index contributed by atoms with van der Waals surface area (Å²) in [6.45, 7) is 3.77.